The number of aryl methyl sites for hydroxylation is 1. The first-order valence-electron chi connectivity index (χ1n) is 12.4. The molecule has 2 aliphatic rings. The third-order valence-electron chi connectivity index (χ3n) is 6.67. The first kappa shape index (κ1) is 26.9. The summed E-state index contributed by atoms with van der Waals surface area (Å²) in [6.07, 6.45) is 6.57. The zero-order valence-corrected chi connectivity index (χ0v) is 23.2. The Morgan fingerprint density at radius 3 is 2.77 bits per heavy atom. The van der Waals surface area contributed by atoms with E-state index in [4.69, 9.17) is 9.73 Å². The second kappa shape index (κ2) is 11.3. The van der Waals surface area contributed by atoms with Crippen LogP contribution in [0.15, 0.2) is 40.8 Å². The number of hydrogen-bond donors (Lipinski definition) is 0. The van der Waals surface area contributed by atoms with Crippen LogP contribution in [0.5, 0.6) is 0 Å². The Bertz CT molecular complexity index is 1020. The summed E-state index contributed by atoms with van der Waals surface area (Å²) in [6, 6.07) is 3.23. The molecule has 10 heteroatoms. The lowest BCUT2D eigenvalue weighted by Gasteiger charge is -2.27. The minimum atomic E-state index is -1.11. The zero-order chi connectivity index (χ0) is 25.8. The van der Waals surface area contributed by atoms with Crippen molar-refractivity contribution in [1.29, 1.82) is 0 Å². The third-order valence-corrected chi connectivity index (χ3v) is 8.37. The maximum absolute atomic E-state index is 11.1. The number of aromatic nitrogens is 1. The number of nitrogens with zero attached hydrogens (tertiary/aromatic N) is 6. The molecule has 3 heterocycles. The highest BCUT2D eigenvalue weighted by Gasteiger charge is 2.30. The smallest absolute Gasteiger partial charge is 0.290 e. The lowest BCUT2D eigenvalue weighted by molar-refractivity contribution is -0.385. The van der Waals surface area contributed by atoms with Crippen molar-refractivity contribution in [3.8, 4) is 0 Å². The normalized spacial score (nSPS) is 20.8. The van der Waals surface area contributed by atoms with Gasteiger partial charge in [-0.05, 0) is 45.4 Å². The van der Waals surface area contributed by atoms with Gasteiger partial charge in [0.25, 0.3) is 5.69 Å². The number of nitro groups is 1. The van der Waals surface area contributed by atoms with Crippen LogP contribution in [0.25, 0.3) is 0 Å². The number of rotatable bonds is 10. The summed E-state index contributed by atoms with van der Waals surface area (Å²) in [5.74, 6) is 1.74. The van der Waals surface area contributed by atoms with Gasteiger partial charge in [0.05, 0.1) is 4.92 Å². The van der Waals surface area contributed by atoms with E-state index in [-0.39, 0.29) is 16.7 Å². The van der Waals surface area contributed by atoms with Crippen LogP contribution in [-0.2, 0) is 4.74 Å². The van der Waals surface area contributed by atoms with Gasteiger partial charge in [-0.15, -0.1) is 0 Å². The molecule has 0 bridgehead atoms. The van der Waals surface area contributed by atoms with Crippen molar-refractivity contribution in [1.82, 2.24) is 14.8 Å². The highest BCUT2D eigenvalue weighted by Crippen LogP contribution is 2.28. The fraction of sp³-hybridized carbons (Fsp3) is 0.600. The molecule has 192 valence electrons. The highest BCUT2D eigenvalue weighted by molar-refractivity contribution is 6.76. The summed E-state index contributed by atoms with van der Waals surface area (Å²) in [6.45, 7) is 16.9. The maximum atomic E-state index is 11.1. The second-order valence-electron chi connectivity index (χ2n) is 10.5. The molecule has 0 amide bonds. The van der Waals surface area contributed by atoms with E-state index in [9.17, 15) is 10.1 Å². The number of anilines is 1. The van der Waals surface area contributed by atoms with Gasteiger partial charge >= 0.3 is 0 Å². The van der Waals surface area contributed by atoms with Crippen LogP contribution in [0, 0.1) is 17.0 Å². The topological polar surface area (TPSA) is 87.3 Å². The fourth-order valence-corrected chi connectivity index (χ4v) is 5.11. The zero-order valence-electron chi connectivity index (χ0n) is 22.2. The summed E-state index contributed by atoms with van der Waals surface area (Å²) in [4.78, 5) is 26.5. The Hall–Kier alpha value is -2.72. The van der Waals surface area contributed by atoms with Crippen LogP contribution >= 0.6 is 0 Å². The summed E-state index contributed by atoms with van der Waals surface area (Å²) < 4.78 is 5.99. The minimum absolute atomic E-state index is 0.0561. The number of pyridine rings is 1. The van der Waals surface area contributed by atoms with Gasteiger partial charge in [0.1, 0.15) is 24.6 Å². The van der Waals surface area contributed by atoms with Gasteiger partial charge in [-0.3, -0.25) is 15.1 Å². The number of allylic oxidation sites excluding steroid dienone is 1. The highest BCUT2D eigenvalue weighted by atomic mass is 28.3. The molecule has 2 aliphatic heterocycles. The van der Waals surface area contributed by atoms with Crippen molar-refractivity contribution < 1.29 is 9.66 Å². The average molecular weight is 501 g/mol. The molecule has 3 rings (SSSR count). The Morgan fingerprint density at radius 2 is 2.14 bits per heavy atom. The molecule has 0 radical (unpaired) electrons. The van der Waals surface area contributed by atoms with E-state index in [0.29, 0.717) is 12.3 Å². The van der Waals surface area contributed by atoms with E-state index in [1.807, 2.05) is 7.05 Å². The van der Waals surface area contributed by atoms with Gasteiger partial charge in [0.2, 0.25) is 0 Å². The van der Waals surface area contributed by atoms with Crippen molar-refractivity contribution in [2.75, 3.05) is 44.9 Å². The predicted octanol–water partition coefficient (Wildman–Crippen LogP) is 4.64. The second-order valence-corrected chi connectivity index (χ2v) is 16.1. The van der Waals surface area contributed by atoms with Crippen LogP contribution in [0.3, 0.4) is 0 Å². The molecule has 35 heavy (non-hydrogen) atoms. The standard InChI is InChI=1S/C25H40N6O3Si/c1-8-26-25-22(10-12-30(25)18-34-13-14-35(5,6)7)20(3)29-11-9-21(17-29)28(4)24-15-19(2)23(16-27-24)31(32)33/h10,12,15-16,21H,8-9,11,13-14,17-18H2,1-7H3/b22-20+,26-25+/t21-/m1/s1. The molecule has 0 N–H and O–H groups in total. The quantitative estimate of drug-likeness (QED) is 0.200. The monoisotopic (exact) mass is 500 g/mol. The molecule has 1 aromatic heterocycles. The van der Waals surface area contributed by atoms with Gasteiger partial charge in [-0.25, -0.2) is 4.98 Å². The van der Waals surface area contributed by atoms with E-state index in [1.165, 1.54) is 11.9 Å². The van der Waals surface area contributed by atoms with Crippen molar-refractivity contribution in [3.05, 3.63) is 51.5 Å². The summed E-state index contributed by atoms with van der Waals surface area (Å²) in [5.41, 5.74) is 3.04. The molecule has 0 saturated carbocycles. The van der Waals surface area contributed by atoms with Crippen LogP contribution in [0.2, 0.25) is 25.7 Å². The number of ether oxygens (including phenoxy) is 1. The SMILES string of the molecule is CC/N=C1\C(=C(/C)N2CC[C@@H](N(C)c3cc(C)c([N+](=O)[O-])cn3)C2)C=CN1COCC[Si](C)(C)C. The Kier molecular flexibility index (Phi) is 8.71. The molecule has 1 atom stereocenters. The molecule has 1 aromatic rings. The molecule has 1 saturated heterocycles. The van der Waals surface area contributed by atoms with Gasteiger partial charge in [0.15, 0.2) is 0 Å². The number of hydrogen-bond acceptors (Lipinski definition) is 7. The van der Waals surface area contributed by atoms with E-state index >= 15 is 0 Å². The Morgan fingerprint density at radius 1 is 1.40 bits per heavy atom. The first-order valence-corrected chi connectivity index (χ1v) is 16.1. The third kappa shape index (κ3) is 6.70. The fourth-order valence-electron chi connectivity index (χ4n) is 4.36. The van der Waals surface area contributed by atoms with Gasteiger partial charge < -0.3 is 19.4 Å². The summed E-state index contributed by atoms with van der Waals surface area (Å²) >= 11 is 0. The first-order chi connectivity index (χ1) is 16.5. The van der Waals surface area contributed by atoms with Crippen molar-refractivity contribution >= 4 is 25.4 Å². The van der Waals surface area contributed by atoms with E-state index in [1.54, 1.807) is 13.0 Å². The van der Waals surface area contributed by atoms with Gasteiger partial charge in [-0.1, -0.05) is 19.6 Å². The van der Waals surface area contributed by atoms with Crippen LogP contribution in [0.1, 0.15) is 25.8 Å². The molecule has 0 unspecified atom stereocenters. The van der Waals surface area contributed by atoms with Crippen molar-refractivity contribution in [3.63, 3.8) is 0 Å². The number of amidine groups is 1. The Balaban J connectivity index is 1.67. The van der Waals surface area contributed by atoms with E-state index < -0.39 is 8.07 Å². The van der Waals surface area contributed by atoms with E-state index in [0.717, 1.165) is 55.9 Å². The number of aliphatic imine (C=N–C) groups is 1. The molecule has 0 aromatic carbocycles. The van der Waals surface area contributed by atoms with Gasteiger partial charge in [0, 0.05) is 70.4 Å². The lowest BCUT2D eigenvalue weighted by Crippen LogP contribution is -2.35. The molecule has 9 nitrogen and oxygen atoms in total. The van der Waals surface area contributed by atoms with Crippen LogP contribution in [-0.4, -0.2) is 79.7 Å². The summed E-state index contributed by atoms with van der Waals surface area (Å²) in [5, 5.41) is 11.1. The number of likely N-dealkylation sites (tertiary alicyclic amines) is 1. The minimum Gasteiger partial charge on any atom is -0.372 e. The number of likely N-dealkylation sites (N-methyl/N-ethyl adjacent to an activating group) is 1. The predicted molar refractivity (Wildman–Crippen MR) is 145 cm³/mol. The molecular formula is C25H40N6O3Si. The molecule has 1 fully saturated rings. The average Bonchev–Trinajstić information content (AvgIpc) is 3.43. The van der Waals surface area contributed by atoms with E-state index in [2.05, 4.69) is 65.4 Å². The van der Waals surface area contributed by atoms with Gasteiger partial charge in [-0.2, -0.15) is 0 Å². The van der Waals surface area contributed by atoms with Crippen molar-refractivity contribution in [2.45, 2.75) is 58.9 Å². The van der Waals surface area contributed by atoms with Crippen LogP contribution < -0.4 is 4.90 Å². The largest absolute Gasteiger partial charge is 0.372 e. The maximum Gasteiger partial charge on any atom is 0.290 e. The molecule has 0 aliphatic carbocycles. The molecule has 0 spiro atoms. The lowest BCUT2D eigenvalue weighted by atomic mass is 10.2. The van der Waals surface area contributed by atoms with Crippen LogP contribution in [0.4, 0.5) is 11.5 Å². The Labute approximate surface area is 210 Å². The molecular weight excluding hydrogens is 460 g/mol. The summed E-state index contributed by atoms with van der Waals surface area (Å²) in [7, 11) is 0.904. The van der Waals surface area contributed by atoms with Crippen molar-refractivity contribution in [2.24, 2.45) is 4.99 Å².